The maximum absolute atomic E-state index is 10.7. The number of nitro groups is 1. The van der Waals surface area contributed by atoms with Crippen molar-refractivity contribution in [3.8, 4) is 0 Å². The van der Waals surface area contributed by atoms with E-state index in [9.17, 15) is 10.1 Å². The zero-order chi connectivity index (χ0) is 10.7. The minimum absolute atomic E-state index is 0.111. The number of rotatable bonds is 3. The maximum atomic E-state index is 10.7. The Morgan fingerprint density at radius 3 is 2.60 bits per heavy atom. The third-order valence-electron chi connectivity index (χ3n) is 1.75. The Kier molecular flexibility index (Phi) is 3.26. The van der Waals surface area contributed by atoms with Crippen molar-refractivity contribution in [1.82, 2.24) is 0 Å². The van der Waals surface area contributed by atoms with Crippen molar-refractivity contribution in [2.75, 3.05) is 0 Å². The van der Waals surface area contributed by atoms with Crippen molar-refractivity contribution in [3.05, 3.63) is 51.5 Å². The van der Waals surface area contributed by atoms with Gasteiger partial charge >= 0.3 is 97.0 Å². The van der Waals surface area contributed by atoms with Crippen molar-refractivity contribution in [3.63, 3.8) is 0 Å². The van der Waals surface area contributed by atoms with Gasteiger partial charge in [-0.2, -0.15) is 0 Å². The fourth-order valence-electron chi connectivity index (χ4n) is 1.12. The Bertz CT molecular complexity index is 469. The van der Waals surface area contributed by atoms with Gasteiger partial charge in [0.15, 0.2) is 0 Å². The second-order valence-electron chi connectivity index (χ2n) is 2.76. The second kappa shape index (κ2) is 4.66. The number of nitrogens with zero attached hydrogens (tertiary/aromatic N) is 1. The van der Waals surface area contributed by atoms with Crippen molar-refractivity contribution in [1.29, 1.82) is 0 Å². The van der Waals surface area contributed by atoms with Crippen LogP contribution in [0.15, 0.2) is 51.1 Å². The van der Waals surface area contributed by atoms with Crippen LogP contribution in [0.2, 0.25) is 0 Å². The third-order valence-corrected chi connectivity index (χ3v) is 4.91. The van der Waals surface area contributed by atoms with E-state index < -0.39 is 0 Å². The minimum atomic E-state index is -0.273. The van der Waals surface area contributed by atoms with Crippen LogP contribution < -0.4 is 0 Å². The molecule has 0 spiro atoms. The molecule has 0 amide bonds. The molecular weight excluding hydrogens is 277 g/mol. The molecule has 0 fully saturated rings. The SMILES string of the molecule is O=[N+]([O-])c1[se]ccc1Sc1ccccc1. The van der Waals surface area contributed by atoms with E-state index in [1.807, 2.05) is 41.3 Å². The molecule has 0 unspecified atom stereocenters. The first kappa shape index (κ1) is 10.5. The standard InChI is InChI=1S/C10H7NO2SSe/c12-11(13)10-9(6-7-15-10)14-8-4-2-1-3-5-8/h1-7H. The summed E-state index contributed by atoms with van der Waals surface area (Å²) in [5, 5.41) is 10.7. The first-order chi connectivity index (χ1) is 7.27. The first-order valence-electron chi connectivity index (χ1n) is 4.22. The molecule has 15 heavy (non-hydrogen) atoms. The molecular formula is C10H7NO2SSe. The Hall–Kier alpha value is -1.03. The van der Waals surface area contributed by atoms with Crippen molar-refractivity contribution in [2.45, 2.75) is 9.79 Å². The second-order valence-corrected chi connectivity index (χ2v) is 5.75. The van der Waals surface area contributed by atoms with Crippen molar-refractivity contribution in [2.24, 2.45) is 0 Å². The summed E-state index contributed by atoms with van der Waals surface area (Å²) >= 11 is 1.34. The summed E-state index contributed by atoms with van der Waals surface area (Å²) in [5.41, 5.74) is 0. The monoisotopic (exact) mass is 285 g/mol. The van der Waals surface area contributed by atoms with E-state index in [1.54, 1.807) is 0 Å². The topological polar surface area (TPSA) is 43.1 Å². The van der Waals surface area contributed by atoms with E-state index in [1.165, 1.54) is 11.8 Å². The van der Waals surface area contributed by atoms with Crippen LogP contribution in [0.5, 0.6) is 0 Å². The van der Waals surface area contributed by atoms with Crippen LogP contribution >= 0.6 is 11.8 Å². The summed E-state index contributed by atoms with van der Waals surface area (Å²) in [7, 11) is 0. The molecule has 0 N–H and O–H groups in total. The molecule has 5 heteroatoms. The zero-order valence-electron chi connectivity index (χ0n) is 7.62. The summed E-state index contributed by atoms with van der Waals surface area (Å²) in [6, 6.07) is 11.5. The van der Waals surface area contributed by atoms with Gasteiger partial charge in [-0.05, 0) is 0 Å². The average Bonchev–Trinajstić information content (AvgIpc) is 2.67. The molecule has 1 aromatic heterocycles. The van der Waals surface area contributed by atoms with Crippen LogP contribution in [0.3, 0.4) is 0 Å². The van der Waals surface area contributed by atoms with Crippen molar-refractivity contribution < 1.29 is 4.92 Å². The average molecular weight is 284 g/mol. The van der Waals surface area contributed by atoms with Gasteiger partial charge in [-0.25, -0.2) is 0 Å². The van der Waals surface area contributed by atoms with Crippen LogP contribution in [-0.2, 0) is 0 Å². The predicted molar refractivity (Wildman–Crippen MR) is 60.6 cm³/mol. The van der Waals surface area contributed by atoms with Gasteiger partial charge in [0.2, 0.25) is 0 Å². The molecule has 0 saturated carbocycles. The quantitative estimate of drug-likeness (QED) is 0.494. The molecule has 0 aliphatic rings. The van der Waals surface area contributed by atoms with Crippen LogP contribution in [0.25, 0.3) is 0 Å². The van der Waals surface area contributed by atoms with Crippen LogP contribution in [0, 0.1) is 10.1 Å². The molecule has 1 aromatic carbocycles. The Balaban J connectivity index is 2.25. The summed E-state index contributed by atoms with van der Waals surface area (Å²) < 4.78 is 0.358. The molecule has 0 aliphatic heterocycles. The molecule has 0 radical (unpaired) electrons. The summed E-state index contributed by atoms with van der Waals surface area (Å²) in [4.78, 5) is 14.1. The van der Waals surface area contributed by atoms with E-state index in [2.05, 4.69) is 0 Å². The molecule has 1 heterocycles. The van der Waals surface area contributed by atoms with Crippen LogP contribution in [-0.4, -0.2) is 19.4 Å². The first-order valence-corrected chi connectivity index (χ1v) is 6.88. The van der Waals surface area contributed by atoms with Crippen LogP contribution in [0.1, 0.15) is 0 Å². The summed E-state index contributed by atoms with van der Waals surface area (Å²) in [5.74, 6) is 0. The van der Waals surface area contributed by atoms with Gasteiger partial charge in [0.05, 0.1) is 0 Å². The molecule has 2 rings (SSSR count). The normalized spacial score (nSPS) is 10.1. The van der Waals surface area contributed by atoms with Gasteiger partial charge in [0, 0.05) is 0 Å². The molecule has 3 nitrogen and oxygen atoms in total. The molecule has 0 atom stereocenters. The van der Waals surface area contributed by atoms with Gasteiger partial charge in [-0.15, -0.1) is 0 Å². The van der Waals surface area contributed by atoms with E-state index in [0.717, 1.165) is 9.79 Å². The predicted octanol–water partition coefficient (Wildman–Crippen LogP) is 2.80. The fraction of sp³-hybridized carbons (Fsp3) is 0. The fourth-order valence-corrected chi connectivity index (χ4v) is 3.93. The molecule has 0 bridgehead atoms. The molecule has 76 valence electrons. The van der Waals surface area contributed by atoms with Gasteiger partial charge in [-0.3, -0.25) is 0 Å². The number of benzene rings is 1. The van der Waals surface area contributed by atoms with Crippen LogP contribution in [0.4, 0.5) is 4.56 Å². The van der Waals surface area contributed by atoms with Gasteiger partial charge in [-0.1, -0.05) is 0 Å². The van der Waals surface area contributed by atoms with Crippen molar-refractivity contribution >= 4 is 30.8 Å². The van der Waals surface area contributed by atoms with E-state index in [-0.39, 0.29) is 19.4 Å². The Labute approximate surface area is 97.0 Å². The van der Waals surface area contributed by atoms with Gasteiger partial charge < -0.3 is 0 Å². The van der Waals surface area contributed by atoms with E-state index >= 15 is 0 Å². The summed E-state index contributed by atoms with van der Waals surface area (Å²) in [6.07, 6.45) is 0. The molecule has 2 aromatic rings. The third kappa shape index (κ3) is 2.50. The Morgan fingerprint density at radius 1 is 1.20 bits per heavy atom. The Morgan fingerprint density at radius 2 is 1.93 bits per heavy atom. The molecule has 0 saturated heterocycles. The van der Waals surface area contributed by atoms with E-state index in [0.29, 0.717) is 4.56 Å². The van der Waals surface area contributed by atoms with Gasteiger partial charge in [0.1, 0.15) is 0 Å². The number of hydrogen-bond acceptors (Lipinski definition) is 3. The molecule has 0 aliphatic carbocycles. The number of hydrogen-bond donors (Lipinski definition) is 0. The van der Waals surface area contributed by atoms with E-state index in [4.69, 9.17) is 0 Å². The summed E-state index contributed by atoms with van der Waals surface area (Å²) in [6.45, 7) is 0. The van der Waals surface area contributed by atoms with Gasteiger partial charge in [0.25, 0.3) is 0 Å². The zero-order valence-corrected chi connectivity index (χ0v) is 10.2.